The number of hydrogen-bond acceptors (Lipinski definition) is 2. The van der Waals surface area contributed by atoms with Gasteiger partial charge in [-0.15, -0.1) is 0 Å². The molecule has 0 saturated carbocycles. The molecule has 1 rings (SSSR count). The van der Waals surface area contributed by atoms with Crippen molar-refractivity contribution in [3.63, 3.8) is 0 Å². The van der Waals surface area contributed by atoms with Gasteiger partial charge < -0.3 is 10.1 Å². The standard InChI is InChI=1S/C16H27NO/c1-14(2)12-17-11-5-4-6-15-7-9-16(10-8-15)13-18-3/h7-10,14,17H,4-6,11-13H2,1-3H3. The maximum atomic E-state index is 5.10. The molecule has 1 N–H and O–H groups in total. The summed E-state index contributed by atoms with van der Waals surface area (Å²) in [6.07, 6.45) is 3.69. The number of methoxy groups -OCH3 is 1. The maximum absolute atomic E-state index is 5.10. The molecule has 0 radical (unpaired) electrons. The maximum Gasteiger partial charge on any atom is 0.0713 e. The van der Waals surface area contributed by atoms with Gasteiger partial charge in [0.25, 0.3) is 0 Å². The van der Waals surface area contributed by atoms with Gasteiger partial charge in [-0.05, 0) is 49.4 Å². The van der Waals surface area contributed by atoms with E-state index in [4.69, 9.17) is 4.74 Å². The van der Waals surface area contributed by atoms with Gasteiger partial charge in [-0.25, -0.2) is 0 Å². The van der Waals surface area contributed by atoms with E-state index in [0.717, 1.165) is 19.0 Å². The van der Waals surface area contributed by atoms with Crippen LogP contribution in [0.3, 0.4) is 0 Å². The highest BCUT2D eigenvalue weighted by molar-refractivity contribution is 5.22. The lowest BCUT2D eigenvalue weighted by Gasteiger charge is -2.07. The van der Waals surface area contributed by atoms with Gasteiger partial charge in [-0.1, -0.05) is 38.1 Å². The minimum Gasteiger partial charge on any atom is -0.380 e. The van der Waals surface area contributed by atoms with Crippen LogP contribution < -0.4 is 5.32 Å². The second kappa shape index (κ2) is 9.12. The van der Waals surface area contributed by atoms with Gasteiger partial charge in [0.1, 0.15) is 0 Å². The van der Waals surface area contributed by atoms with E-state index in [-0.39, 0.29) is 0 Å². The van der Waals surface area contributed by atoms with Crippen LogP contribution in [-0.2, 0) is 17.8 Å². The van der Waals surface area contributed by atoms with E-state index >= 15 is 0 Å². The van der Waals surface area contributed by atoms with Crippen molar-refractivity contribution >= 4 is 0 Å². The Kier molecular flexibility index (Phi) is 7.70. The fourth-order valence-electron chi connectivity index (χ4n) is 1.94. The quantitative estimate of drug-likeness (QED) is 0.677. The summed E-state index contributed by atoms with van der Waals surface area (Å²) in [5.74, 6) is 0.748. The fourth-order valence-corrected chi connectivity index (χ4v) is 1.94. The van der Waals surface area contributed by atoms with Gasteiger partial charge in [-0.3, -0.25) is 0 Å². The number of benzene rings is 1. The van der Waals surface area contributed by atoms with Crippen molar-refractivity contribution in [1.82, 2.24) is 5.32 Å². The largest absolute Gasteiger partial charge is 0.380 e. The van der Waals surface area contributed by atoms with Crippen molar-refractivity contribution in [3.8, 4) is 0 Å². The fraction of sp³-hybridized carbons (Fsp3) is 0.625. The van der Waals surface area contributed by atoms with E-state index in [2.05, 4.69) is 43.4 Å². The molecule has 0 fully saturated rings. The zero-order valence-corrected chi connectivity index (χ0v) is 12.0. The number of unbranched alkanes of at least 4 members (excludes halogenated alkanes) is 1. The number of rotatable bonds is 9. The molecule has 0 heterocycles. The molecule has 1 aromatic rings. The first-order valence-electron chi connectivity index (χ1n) is 7.00. The minimum atomic E-state index is 0.708. The Hall–Kier alpha value is -0.860. The monoisotopic (exact) mass is 249 g/mol. The molecule has 0 bridgehead atoms. The van der Waals surface area contributed by atoms with Gasteiger partial charge >= 0.3 is 0 Å². The summed E-state index contributed by atoms with van der Waals surface area (Å²) in [5.41, 5.74) is 2.68. The number of hydrogen-bond donors (Lipinski definition) is 1. The van der Waals surface area contributed by atoms with Gasteiger partial charge in [0.15, 0.2) is 0 Å². The summed E-state index contributed by atoms with van der Waals surface area (Å²) in [7, 11) is 1.73. The highest BCUT2D eigenvalue weighted by Crippen LogP contribution is 2.08. The van der Waals surface area contributed by atoms with Crippen molar-refractivity contribution in [1.29, 1.82) is 0 Å². The van der Waals surface area contributed by atoms with Crippen LogP contribution in [0, 0.1) is 5.92 Å². The molecule has 0 spiro atoms. The van der Waals surface area contributed by atoms with Crippen LogP contribution in [0.1, 0.15) is 37.8 Å². The van der Waals surface area contributed by atoms with E-state index in [1.54, 1.807) is 7.11 Å². The van der Waals surface area contributed by atoms with Gasteiger partial charge in [0.05, 0.1) is 6.61 Å². The Balaban J connectivity index is 2.11. The summed E-state index contributed by atoms with van der Waals surface area (Å²) in [6, 6.07) is 8.76. The second-order valence-electron chi connectivity index (χ2n) is 5.30. The Bertz CT molecular complexity index is 305. The highest BCUT2D eigenvalue weighted by atomic mass is 16.5. The number of nitrogens with one attached hydrogen (secondary N) is 1. The summed E-state index contributed by atoms with van der Waals surface area (Å²) >= 11 is 0. The first kappa shape index (κ1) is 15.2. The molecular weight excluding hydrogens is 222 g/mol. The minimum absolute atomic E-state index is 0.708. The first-order chi connectivity index (χ1) is 8.72. The molecule has 0 aliphatic heterocycles. The van der Waals surface area contributed by atoms with Crippen LogP contribution in [0.5, 0.6) is 0 Å². The predicted octanol–water partition coefficient (Wildman–Crippen LogP) is 3.40. The average molecular weight is 249 g/mol. The Morgan fingerprint density at radius 1 is 1.06 bits per heavy atom. The third kappa shape index (κ3) is 6.77. The molecule has 0 amide bonds. The normalized spacial score (nSPS) is 11.1. The summed E-state index contributed by atoms with van der Waals surface area (Å²) in [5, 5.41) is 3.48. The lowest BCUT2D eigenvalue weighted by atomic mass is 10.1. The molecule has 0 saturated heterocycles. The number of aryl methyl sites for hydroxylation is 1. The van der Waals surface area contributed by atoms with Crippen LogP contribution in [0.4, 0.5) is 0 Å². The second-order valence-corrected chi connectivity index (χ2v) is 5.30. The molecule has 18 heavy (non-hydrogen) atoms. The van der Waals surface area contributed by atoms with Crippen molar-refractivity contribution in [2.75, 3.05) is 20.2 Å². The Labute approximate surface area is 112 Å². The molecule has 0 aliphatic rings. The van der Waals surface area contributed by atoms with E-state index in [1.807, 2.05) is 0 Å². The van der Waals surface area contributed by atoms with Crippen LogP contribution in [0.25, 0.3) is 0 Å². The molecule has 0 aliphatic carbocycles. The van der Waals surface area contributed by atoms with Crippen molar-refractivity contribution in [2.45, 2.75) is 39.7 Å². The zero-order chi connectivity index (χ0) is 13.2. The lowest BCUT2D eigenvalue weighted by molar-refractivity contribution is 0.185. The molecule has 0 aromatic heterocycles. The average Bonchev–Trinajstić information content (AvgIpc) is 2.35. The van der Waals surface area contributed by atoms with Crippen LogP contribution in [-0.4, -0.2) is 20.2 Å². The van der Waals surface area contributed by atoms with Crippen molar-refractivity contribution in [2.24, 2.45) is 5.92 Å². The van der Waals surface area contributed by atoms with E-state index in [1.165, 1.54) is 30.4 Å². The SMILES string of the molecule is COCc1ccc(CCCCNCC(C)C)cc1. The Morgan fingerprint density at radius 3 is 2.33 bits per heavy atom. The molecular formula is C16H27NO. The summed E-state index contributed by atoms with van der Waals surface area (Å²) < 4.78 is 5.10. The first-order valence-corrected chi connectivity index (χ1v) is 7.00. The van der Waals surface area contributed by atoms with Crippen molar-refractivity contribution < 1.29 is 4.74 Å². The predicted molar refractivity (Wildman–Crippen MR) is 77.8 cm³/mol. The molecule has 2 nitrogen and oxygen atoms in total. The third-order valence-electron chi connectivity index (χ3n) is 2.96. The highest BCUT2D eigenvalue weighted by Gasteiger charge is 1.96. The molecule has 0 atom stereocenters. The topological polar surface area (TPSA) is 21.3 Å². The summed E-state index contributed by atoms with van der Waals surface area (Å²) in [6.45, 7) is 7.47. The van der Waals surface area contributed by atoms with Gasteiger partial charge in [0, 0.05) is 7.11 Å². The third-order valence-corrected chi connectivity index (χ3v) is 2.96. The van der Waals surface area contributed by atoms with Crippen LogP contribution >= 0.6 is 0 Å². The molecule has 1 aromatic carbocycles. The molecule has 102 valence electrons. The van der Waals surface area contributed by atoms with E-state index in [0.29, 0.717) is 6.61 Å². The Morgan fingerprint density at radius 2 is 1.72 bits per heavy atom. The van der Waals surface area contributed by atoms with Gasteiger partial charge in [-0.2, -0.15) is 0 Å². The van der Waals surface area contributed by atoms with Crippen molar-refractivity contribution in [3.05, 3.63) is 35.4 Å². The van der Waals surface area contributed by atoms with Crippen LogP contribution in [0.2, 0.25) is 0 Å². The van der Waals surface area contributed by atoms with Gasteiger partial charge in [0.2, 0.25) is 0 Å². The van der Waals surface area contributed by atoms with E-state index in [9.17, 15) is 0 Å². The lowest BCUT2D eigenvalue weighted by Crippen LogP contribution is -2.20. The number of ether oxygens (including phenoxy) is 1. The smallest absolute Gasteiger partial charge is 0.0713 e. The summed E-state index contributed by atoms with van der Waals surface area (Å²) in [4.78, 5) is 0. The molecule has 0 unspecified atom stereocenters. The van der Waals surface area contributed by atoms with E-state index < -0.39 is 0 Å². The van der Waals surface area contributed by atoms with Crippen LogP contribution in [0.15, 0.2) is 24.3 Å². The zero-order valence-electron chi connectivity index (χ0n) is 12.0. The molecule has 2 heteroatoms.